The summed E-state index contributed by atoms with van der Waals surface area (Å²) in [5, 5.41) is 3.86. The molecule has 1 aromatic heterocycles. The van der Waals surface area contributed by atoms with Crippen molar-refractivity contribution < 1.29 is 4.79 Å². The van der Waals surface area contributed by atoms with E-state index in [9.17, 15) is 9.59 Å². The second-order valence-corrected chi connectivity index (χ2v) is 6.14. The number of amides is 1. The van der Waals surface area contributed by atoms with Crippen LogP contribution in [0.25, 0.3) is 10.9 Å². The van der Waals surface area contributed by atoms with E-state index >= 15 is 0 Å². The number of fused-ring (bicyclic) bond motifs is 1. The number of para-hydroxylation sites is 1. The SMILES string of the molecule is Cc1cccc(NC(=O)Cn2c(=O)cc(C)c3cccc(C)c32)c1. The van der Waals surface area contributed by atoms with Crippen molar-refractivity contribution in [3.63, 3.8) is 0 Å². The van der Waals surface area contributed by atoms with Crippen LogP contribution in [-0.4, -0.2) is 10.5 Å². The molecule has 0 spiro atoms. The third-order valence-electron chi connectivity index (χ3n) is 4.14. The lowest BCUT2D eigenvalue weighted by atomic mass is 10.1. The Kier molecular flexibility index (Phi) is 4.21. The van der Waals surface area contributed by atoms with Gasteiger partial charge in [-0.15, -0.1) is 0 Å². The molecule has 4 nitrogen and oxygen atoms in total. The number of anilines is 1. The molecule has 4 heteroatoms. The number of benzene rings is 2. The first-order valence-electron chi connectivity index (χ1n) is 7.92. The smallest absolute Gasteiger partial charge is 0.251 e. The van der Waals surface area contributed by atoms with Gasteiger partial charge >= 0.3 is 0 Å². The van der Waals surface area contributed by atoms with E-state index in [-0.39, 0.29) is 18.0 Å². The fourth-order valence-electron chi connectivity index (χ4n) is 3.01. The van der Waals surface area contributed by atoms with Crippen molar-refractivity contribution in [1.29, 1.82) is 0 Å². The number of nitrogens with zero attached hydrogens (tertiary/aromatic N) is 1. The Morgan fingerprint density at radius 1 is 1.00 bits per heavy atom. The molecular weight excluding hydrogens is 300 g/mol. The zero-order chi connectivity index (χ0) is 17.3. The molecule has 0 saturated heterocycles. The third-order valence-corrected chi connectivity index (χ3v) is 4.14. The van der Waals surface area contributed by atoms with Crippen molar-refractivity contribution >= 4 is 22.5 Å². The second-order valence-electron chi connectivity index (χ2n) is 6.14. The highest BCUT2D eigenvalue weighted by molar-refractivity contribution is 5.92. The molecule has 0 aliphatic rings. The molecule has 0 atom stereocenters. The van der Waals surface area contributed by atoms with Crippen LogP contribution >= 0.6 is 0 Å². The van der Waals surface area contributed by atoms with Gasteiger partial charge in [0.1, 0.15) is 6.54 Å². The lowest BCUT2D eigenvalue weighted by molar-refractivity contribution is -0.116. The first-order valence-corrected chi connectivity index (χ1v) is 7.92. The second kappa shape index (κ2) is 6.32. The number of nitrogens with one attached hydrogen (secondary N) is 1. The predicted octanol–water partition coefficient (Wildman–Crippen LogP) is 3.57. The molecule has 24 heavy (non-hydrogen) atoms. The van der Waals surface area contributed by atoms with E-state index in [1.807, 2.05) is 63.2 Å². The van der Waals surface area contributed by atoms with Crippen LogP contribution in [0.15, 0.2) is 53.3 Å². The monoisotopic (exact) mass is 320 g/mol. The molecule has 3 aromatic rings. The summed E-state index contributed by atoms with van der Waals surface area (Å²) in [5.74, 6) is -0.212. The Bertz CT molecular complexity index is 987. The van der Waals surface area contributed by atoms with Crippen LogP contribution < -0.4 is 10.9 Å². The summed E-state index contributed by atoms with van der Waals surface area (Å²) in [6.07, 6.45) is 0. The summed E-state index contributed by atoms with van der Waals surface area (Å²) in [5.41, 5.74) is 4.38. The summed E-state index contributed by atoms with van der Waals surface area (Å²) in [7, 11) is 0. The minimum absolute atomic E-state index is 0.00555. The molecule has 0 saturated carbocycles. The van der Waals surface area contributed by atoms with Crippen molar-refractivity contribution in [2.45, 2.75) is 27.3 Å². The quantitative estimate of drug-likeness (QED) is 0.802. The van der Waals surface area contributed by atoms with Crippen molar-refractivity contribution in [1.82, 2.24) is 4.57 Å². The first-order chi connectivity index (χ1) is 11.5. The highest BCUT2D eigenvalue weighted by Gasteiger charge is 2.12. The van der Waals surface area contributed by atoms with Crippen molar-refractivity contribution in [2.75, 3.05) is 5.32 Å². The van der Waals surface area contributed by atoms with Crippen LogP contribution in [0.2, 0.25) is 0 Å². The van der Waals surface area contributed by atoms with E-state index in [1.54, 1.807) is 10.6 Å². The van der Waals surface area contributed by atoms with E-state index in [2.05, 4.69) is 5.32 Å². The maximum atomic E-state index is 12.4. The number of aryl methyl sites for hydroxylation is 3. The molecule has 1 N–H and O–H groups in total. The molecule has 0 unspecified atom stereocenters. The number of carbonyl (C=O) groups is 1. The van der Waals surface area contributed by atoms with E-state index in [0.29, 0.717) is 0 Å². The van der Waals surface area contributed by atoms with Crippen molar-refractivity contribution in [3.05, 3.63) is 75.6 Å². The predicted molar refractivity (Wildman–Crippen MR) is 97.5 cm³/mol. The topological polar surface area (TPSA) is 51.1 Å². The van der Waals surface area contributed by atoms with Gasteiger partial charge in [-0.3, -0.25) is 14.2 Å². The molecule has 0 aliphatic carbocycles. The summed E-state index contributed by atoms with van der Waals surface area (Å²) in [4.78, 5) is 24.8. The molecule has 0 radical (unpaired) electrons. The fraction of sp³-hybridized carbons (Fsp3) is 0.200. The summed E-state index contributed by atoms with van der Waals surface area (Å²) < 4.78 is 1.54. The Labute approximate surface area is 140 Å². The Hall–Kier alpha value is -2.88. The minimum atomic E-state index is -0.212. The van der Waals surface area contributed by atoms with Gasteiger partial charge in [0, 0.05) is 17.1 Å². The number of pyridine rings is 1. The summed E-state index contributed by atoms with van der Waals surface area (Å²) in [6, 6.07) is 15.1. The normalized spacial score (nSPS) is 10.8. The molecule has 0 fully saturated rings. The number of rotatable bonds is 3. The lowest BCUT2D eigenvalue weighted by Crippen LogP contribution is -2.28. The van der Waals surface area contributed by atoms with Crippen molar-refractivity contribution in [3.8, 4) is 0 Å². The van der Waals surface area contributed by atoms with Crippen LogP contribution in [-0.2, 0) is 11.3 Å². The molecule has 3 rings (SSSR count). The van der Waals surface area contributed by atoms with E-state index < -0.39 is 0 Å². The van der Waals surface area contributed by atoms with Gasteiger partial charge in [-0.05, 0) is 49.6 Å². The van der Waals surface area contributed by atoms with Crippen LogP contribution in [0.3, 0.4) is 0 Å². The maximum absolute atomic E-state index is 12.4. The van der Waals surface area contributed by atoms with Gasteiger partial charge in [0.05, 0.1) is 5.52 Å². The summed E-state index contributed by atoms with van der Waals surface area (Å²) >= 11 is 0. The number of hydrogen-bond donors (Lipinski definition) is 1. The highest BCUT2D eigenvalue weighted by atomic mass is 16.2. The van der Waals surface area contributed by atoms with Gasteiger partial charge in [-0.2, -0.15) is 0 Å². The molecule has 1 amide bonds. The van der Waals surface area contributed by atoms with Gasteiger partial charge in [0.25, 0.3) is 5.56 Å². The molecule has 0 aliphatic heterocycles. The van der Waals surface area contributed by atoms with Gasteiger partial charge in [0.2, 0.25) is 5.91 Å². The zero-order valence-electron chi connectivity index (χ0n) is 14.1. The Morgan fingerprint density at radius 3 is 2.50 bits per heavy atom. The van der Waals surface area contributed by atoms with Gasteiger partial charge < -0.3 is 5.32 Å². The first kappa shape index (κ1) is 16.0. The van der Waals surface area contributed by atoms with Crippen LogP contribution in [0.1, 0.15) is 16.7 Å². The number of hydrogen-bond acceptors (Lipinski definition) is 2. The maximum Gasteiger partial charge on any atom is 0.251 e. The number of carbonyl (C=O) groups excluding carboxylic acids is 1. The molecule has 122 valence electrons. The van der Waals surface area contributed by atoms with Crippen LogP contribution in [0, 0.1) is 20.8 Å². The molecule has 2 aromatic carbocycles. The highest BCUT2D eigenvalue weighted by Crippen LogP contribution is 2.20. The van der Waals surface area contributed by atoms with E-state index in [1.165, 1.54) is 0 Å². The Balaban J connectivity index is 1.98. The zero-order valence-corrected chi connectivity index (χ0v) is 14.1. The molecular formula is C20H20N2O2. The van der Waals surface area contributed by atoms with Gasteiger partial charge in [-0.1, -0.05) is 30.3 Å². The average Bonchev–Trinajstić information content (AvgIpc) is 2.51. The summed E-state index contributed by atoms with van der Waals surface area (Å²) in [6.45, 7) is 5.84. The molecule has 0 bridgehead atoms. The molecule has 1 heterocycles. The van der Waals surface area contributed by atoms with Crippen LogP contribution in [0.5, 0.6) is 0 Å². The Morgan fingerprint density at radius 2 is 1.75 bits per heavy atom. The fourth-order valence-corrected chi connectivity index (χ4v) is 3.01. The van der Waals surface area contributed by atoms with Crippen molar-refractivity contribution in [2.24, 2.45) is 0 Å². The van der Waals surface area contributed by atoms with Gasteiger partial charge in [-0.25, -0.2) is 0 Å². The average molecular weight is 320 g/mol. The standard InChI is InChI=1S/C20H20N2O2/c1-13-6-4-8-16(10-13)21-18(23)12-22-19(24)11-15(3)17-9-5-7-14(2)20(17)22/h4-11H,12H2,1-3H3,(H,21,23). The van der Waals surface area contributed by atoms with E-state index in [0.717, 1.165) is 33.3 Å². The largest absolute Gasteiger partial charge is 0.325 e. The minimum Gasteiger partial charge on any atom is -0.325 e. The van der Waals surface area contributed by atoms with Gasteiger partial charge in [0.15, 0.2) is 0 Å². The number of aromatic nitrogens is 1. The van der Waals surface area contributed by atoms with E-state index in [4.69, 9.17) is 0 Å². The van der Waals surface area contributed by atoms with Crippen LogP contribution in [0.4, 0.5) is 5.69 Å². The third kappa shape index (κ3) is 3.08. The lowest BCUT2D eigenvalue weighted by Gasteiger charge is -2.14.